The molecular formula is C72H150SSn2. The van der Waals surface area contributed by atoms with Crippen molar-refractivity contribution in [1.82, 2.24) is 0 Å². The van der Waals surface area contributed by atoms with E-state index in [0.29, 0.717) is 0 Å². The molecule has 0 bridgehead atoms. The normalized spacial score (nSPS) is 12.2. The molecule has 0 aromatic rings. The molecule has 0 unspecified atom stereocenters. The Morgan fingerprint density at radius 3 is 0.333 bits per heavy atom. The Morgan fingerprint density at radius 1 is 0.133 bits per heavy atom. The second-order valence-corrected chi connectivity index (χ2v) is 73.4. The molecule has 0 saturated carbocycles. The van der Waals surface area contributed by atoms with Crippen LogP contribution in [0.1, 0.15) is 427 Å². The Bertz CT molecular complexity index is 815. The quantitative estimate of drug-likeness (QED) is 0.0432. The van der Waals surface area contributed by atoms with Gasteiger partial charge in [-0.3, -0.25) is 0 Å². The van der Waals surface area contributed by atoms with Crippen LogP contribution in [-0.2, 0) is 0 Å². The van der Waals surface area contributed by atoms with Crippen LogP contribution in [0.4, 0.5) is 0 Å². The van der Waals surface area contributed by atoms with Gasteiger partial charge in [0.05, 0.1) is 0 Å². The Balaban J connectivity index is 6.63. The van der Waals surface area contributed by atoms with Crippen LogP contribution < -0.4 is 0 Å². The van der Waals surface area contributed by atoms with Crippen molar-refractivity contribution >= 4 is 40.1 Å². The van der Waals surface area contributed by atoms with E-state index >= 15 is 0 Å². The van der Waals surface area contributed by atoms with Crippen molar-refractivity contribution in [2.75, 3.05) is 0 Å². The Morgan fingerprint density at radius 2 is 0.227 bits per heavy atom. The summed E-state index contributed by atoms with van der Waals surface area (Å²) in [6, 6.07) is 0. The molecule has 0 atom stereocenters. The minimum absolute atomic E-state index is 1.38. The summed E-state index contributed by atoms with van der Waals surface area (Å²) in [7, 11) is 0. The van der Waals surface area contributed by atoms with E-state index in [9.17, 15) is 0 Å². The van der Waals surface area contributed by atoms with Gasteiger partial charge in [0.15, 0.2) is 0 Å². The van der Waals surface area contributed by atoms with Crippen LogP contribution in [-0.4, -0.2) is 34.0 Å². The molecule has 452 valence electrons. The van der Waals surface area contributed by atoms with Crippen LogP contribution in [0.25, 0.3) is 0 Å². The third kappa shape index (κ3) is 56.2. The molecule has 0 saturated heterocycles. The predicted molar refractivity (Wildman–Crippen MR) is 359 cm³/mol. The van der Waals surface area contributed by atoms with Crippen LogP contribution in [0, 0.1) is 0 Å². The molecule has 0 nitrogen and oxygen atoms in total. The Hall–Kier alpha value is 1.95. The van der Waals surface area contributed by atoms with Gasteiger partial charge in [0.25, 0.3) is 0 Å². The fraction of sp³-hybridized carbons (Fsp3) is 1.00. The third-order valence-corrected chi connectivity index (χ3v) is 106. The van der Waals surface area contributed by atoms with Crippen molar-refractivity contribution in [3.05, 3.63) is 0 Å². The zero-order chi connectivity index (χ0) is 54.4. The molecule has 0 aliphatic carbocycles. The summed E-state index contributed by atoms with van der Waals surface area (Å²) in [6.45, 7) is 14.2. The molecule has 0 rings (SSSR count). The zero-order valence-electron chi connectivity index (χ0n) is 54.1. The summed E-state index contributed by atoms with van der Waals surface area (Å²) in [5.41, 5.74) is 0. The van der Waals surface area contributed by atoms with Crippen molar-refractivity contribution in [2.45, 2.75) is 453 Å². The topological polar surface area (TPSA) is 0 Å². The monoisotopic (exact) mass is 1290 g/mol. The maximum atomic E-state index is 3.18. The van der Waals surface area contributed by atoms with Gasteiger partial charge in [0.2, 0.25) is 0 Å². The fourth-order valence-electron chi connectivity index (χ4n) is 13.1. The molecule has 0 aliphatic rings. The molecule has 0 amide bonds. The van der Waals surface area contributed by atoms with Gasteiger partial charge in [-0.2, -0.15) is 0 Å². The van der Waals surface area contributed by atoms with E-state index in [1.807, 2.05) is 0 Å². The van der Waals surface area contributed by atoms with Crippen molar-refractivity contribution in [2.24, 2.45) is 0 Å². The Labute approximate surface area is 489 Å². The van der Waals surface area contributed by atoms with Crippen LogP contribution >= 0.6 is 6.13 Å². The van der Waals surface area contributed by atoms with E-state index in [2.05, 4.69) is 47.7 Å². The first kappa shape index (κ1) is 76.9. The standard InChI is InChI=1S/6C12H25.S.2Sn/c6*1-3-5-7-9-11-12-10-8-6-4-2;;;/h6*1,3-12H2,2H3;;;. The van der Waals surface area contributed by atoms with Gasteiger partial charge in [-0.1, -0.05) is 0 Å². The molecule has 0 aromatic carbocycles. The van der Waals surface area contributed by atoms with Gasteiger partial charge in [-0.15, -0.1) is 0 Å². The SMILES string of the molecule is CCCCCCCCCCC[CH2][Sn]([CH2]CCCCCCCCCCC)([CH2]CCCCCCCCCCC)[S][Sn]([CH2]CCCCCCCCCCC)([CH2]CCCCCCCCCCC)[CH2]CCCCCCCCCCC. The summed E-state index contributed by atoms with van der Waals surface area (Å²) in [6.07, 6.45) is 93.8. The number of unbranched alkanes of at least 4 members (excludes halogenated alkanes) is 54. The van der Waals surface area contributed by atoms with Crippen molar-refractivity contribution in [1.29, 1.82) is 0 Å². The summed E-state index contributed by atoms with van der Waals surface area (Å²) >= 11 is -5.09. The number of rotatable bonds is 68. The van der Waals surface area contributed by atoms with Crippen molar-refractivity contribution < 1.29 is 0 Å². The molecule has 3 heteroatoms. The molecule has 0 spiro atoms. The average Bonchev–Trinajstić information content (AvgIpc) is 3.41. The molecule has 0 radical (unpaired) electrons. The zero-order valence-corrected chi connectivity index (χ0v) is 60.6. The second kappa shape index (κ2) is 65.1. The second-order valence-electron chi connectivity index (χ2n) is 26.1. The van der Waals surface area contributed by atoms with Crippen molar-refractivity contribution in [3.8, 4) is 0 Å². The molecule has 0 fully saturated rings. The van der Waals surface area contributed by atoms with E-state index in [1.165, 1.54) is 270 Å². The molecule has 0 heterocycles. The average molecular weight is 1290 g/mol. The first-order chi connectivity index (χ1) is 37.1. The van der Waals surface area contributed by atoms with Gasteiger partial charge in [-0.25, -0.2) is 0 Å². The van der Waals surface area contributed by atoms with E-state index in [0.717, 1.165) is 0 Å². The number of hydrogen-bond acceptors (Lipinski definition) is 1. The summed E-state index contributed by atoms with van der Waals surface area (Å²) < 4.78 is 10.7. The van der Waals surface area contributed by atoms with E-state index in [4.69, 9.17) is 0 Å². The van der Waals surface area contributed by atoms with Crippen LogP contribution in [0.3, 0.4) is 0 Å². The molecule has 75 heavy (non-hydrogen) atoms. The summed E-state index contributed by atoms with van der Waals surface area (Å²) in [5, 5.41) is 0. The number of hydrogen-bond donors (Lipinski definition) is 0. The first-order valence-electron chi connectivity index (χ1n) is 36.8. The van der Waals surface area contributed by atoms with Gasteiger partial charge >= 0.3 is 494 Å². The third-order valence-electron chi connectivity index (χ3n) is 18.3. The van der Waals surface area contributed by atoms with Crippen LogP contribution in [0.2, 0.25) is 26.6 Å². The van der Waals surface area contributed by atoms with Gasteiger partial charge in [0.1, 0.15) is 0 Å². The summed E-state index contributed by atoms with van der Waals surface area (Å²) in [4.78, 5) is 0. The van der Waals surface area contributed by atoms with E-state index in [-0.39, 0.29) is 0 Å². The van der Waals surface area contributed by atoms with Gasteiger partial charge in [0, 0.05) is 0 Å². The molecule has 0 aliphatic heterocycles. The fourth-order valence-corrected chi connectivity index (χ4v) is 141. The minimum atomic E-state index is -2.55. The maximum absolute atomic E-state index is 3.18. The van der Waals surface area contributed by atoms with Gasteiger partial charge < -0.3 is 0 Å². The van der Waals surface area contributed by atoms with E-state index in [1.54, 1.807) is 142 Å². The van der Waals surface area contributed by atoms with Gasteiger partial charge in [-0.05, 0) is 0 Å². The first-order valence-corrected chi connectivity index (χ1v) is 56.7. The molecular weight excluding hydrogens is 1130 g/mol. The molecule has 0 N–H and O–H groups in total. The summed E-state index contributed by atoms with van der Waals surface area (Å²) in [5.74, 6) is 0. The van der Waals surface area contributed by atoms with Crippen molar-refractivity contribution in [3.63, 3.8) is 0 Å². The van der Waals surface area contributed by atoms with Crippen LogP contribution in [0.5, 0.6) is 0 Å². The van der Waals surface area contributed by atoms with Crippen LogP contribution in [0.15, 0.2) is 0 Å². The molecule has 0 aromatic heterocycles. The predicted octanol–water partition coefficient (Wildman–Crippen LogP) is 29.1. The van der Waals surface area contributed by atoms with E-state index < -0.39 is 34.0 Å². The Kier molecular flexibility index (Phi) is 66.8.